The van der Waals surface area contributed by atoms with Gasteiger partial charge in [-0.25, -0.2) is 0 Å². The van der Waals surface area contributed by atoms with Crippen molar-refractivity contribution >= 4 is 0 Å². The molecule has 70 valence electrons. The first-order chi connectivity index (χ1) is 5.79. The third-order valence-electron chi connectivity index (χ3n) is 2.01. The molecular formula is C10H19NO. The van der Waals surface area contributed by atoms with Gasteiger partial charge in [0, 0.05) is 6.54 Å². The van der Waals surface area contributed by atoms with E-state index in [2.05, 4.69) is 25.2 Å². The Hall–Kier alpha value is -0.340. The fourth-order valence-electron chi connectivity index (χ4n) is 1.31. The summed E-state index contributed by atoms with van der Waals surface area (Å²) in [5.74, 6) is 0. The summed E-state index contributed by atoms with van der Waals surface area (Å²) in [5, 5.41) is 3.35. The summed E-state index contributed by atoms with van der Waals surface area (Å²) in [6.07, 6.45) is 5.08. The molecule has 1 N–H and O–H groups in total. The number of ether oxygens (including phenoxy) is 1. The number of rotatable bonds is 3. The van der Waals surface area contributed by atoms with Crippen molar-refractivity contribution in [2.75, 3.05) is 19.7 Å². The molecule has 0 unspecified atom stereocenters. The molecule has 1 heterocycles. The van der Waals surface area contributed by atoms with Crippen molar-refractivity contribution in [1.29, 1.82) is 0 Å². The van der Waals surface area contributed by atoms with E-state index in [4.69, 9.17) is 4.74 Å². The lowest BCUT2D eigenvalue weighted by molar-refractivity contribution is 0.102. The van der Waals surface area contributed by atoms with E-state index in [-0.39, 0.29) is 0 Å². The zero-order valence-electron chi connectivity index (χ0n) is 8.10. The van der Waals surface area contributed by atoms with E-state index < -0.39 is 0 Å². The van der Waals surface area contributed by atoms with Gasteiger partial charge in [-0.1, -0.05) is 11.6 Å². The summed E-state index contributed by atoms with van der Waals surface area (Å²) < 4.78 is 5.44. The molecular weight excluding hydrogens is 150 g/mol. The van der Waals surface area contributed by atoms with Gasteiger partial charge < -0.3 is 10.1 Å². The van der Waals surface area contributed by atoms with Crippen LogP contribution in [0, 0.1) is 0 Å². The first-order valence-electron chi connectivity index (χ1n) is 4.79. The number of hydrogen-bond acceptors (Lipinski definition) is 2. The highest BCUT2D eigenvalue weighted by Crippen LogP contribution is 2.07. The van der Waals surface area contributed by atoms with Crippen molar-refractivity contribution in [3.8, 4) is 0 Å². The van der Waals surface area contributed by atoms with E-state index in [1.54, 1.807) is 0 Å². The van der Waals surface area contributed by atoms with Gasteiger partial charge >= 0.3 is 0 Å². The third kappa shape index (κ3) is 3.88. The fraction of sp³-hybridized carbons (Fsp3) is 0.800. The molecule has 1 aliphatic heterocycles. The molecule has 0 aliphatic carbocycles. The van der Waals surface area contributed by atoms with Crippen molar-refractivity contribution in [1.82, 2.24) is 5.32 Å². The van der Waals surface area contributed by atoms with Crippen LogP contribution in [-0.4, -0.2) is 25.8 Å². The Bertz CT molecular complexity index is 144. The number of hydrogen-bond donors (Lipinski definition) is 1. The summed E-state index contributed by atoms with van der Waals surface area (Å²) in [7, 11) is 0. The van der Waals surface area contributed by atoms with E-state index in [9.17, 15) is 0 Å². The first-order valence-corrected chi connectivity index (χ1v) is 4.79. The molecule has 1 rings (SSSR count). The summed E-state index contributed by atoms with van der Waals surface area (Å²) in [5.41, 5.74) is 1.50. The molecule has 2 nitrogen and oxygen atoms in total. The Balaban J connectivity index is 2.16. The Morgan fingerprint density at radius 3 is 3.00 bits per heavy atom. The van der Waals surface area contributed by atoms with E-state index in [1.165, 1.54) is 25.0 Å². The maximum Gasteiger partial charge on any atom is 0.0654 e. The Labute approximate surface area is 75.0 Å². The number of piperidine rings is 1. The van der Waals surface area contributed by atoms with Crippen LogP contribution in [0.4, 0.5) is 0 Å². The zero-order chi connectivity index (χ0) is 8.81. The van der Waals surface area contributed by atoms with Crippen molar-refractivity contribution in [3.05, 3.63) is 11.6 Å². The molecule has 0 aromatic carbocycles. The minimum absolute atomic E-state index is 0.346. The molecule has 0 atom stereocenters. The molecule has 0 saturated carbocycles. The molecule has 2 heteroatoms. The van der Waals surface area contributed by atoms with Gasteiger partial charge in [-0.2, -0.15) is 0 Å². The molecule has 0 aromatic rings. The van der Waals surface area contributed by atoms with Crippen LogP contribution in [-0.2, 0) is 4.74 Å². The van der Waals surface area contributed by atoms with Gasteiger partial charge in [0.05, 0.1) is 12.7 Å². The molecule has 1 fully saturated rings. The van der Waals surface area contributed by atoms with Crippen LogP contribution in [0.15, 0.2) is 11.6 Å². The summed E-state index contributed by atoms with van der Waals surface area (Å²) >= 11 is 0. The second-order valence-electron chi connectivity index (χ2n) is 3.52. The van der Waals surface area contributed by atoms with Gasteiger partial charge in [0.2, 0.25) is 0 Å². The minimum atomic E-state index is 0.346. The van der Waals surface area contributed by atoms with Crippen LogP contribution in [0.25, 0.3) is 0 Å². The summed E-state index contributed by atoms with van der Waals surface area (Å²) in [6, 6.07) is 0. The first kappa shape index (κ1) is 9.75. The molecule has 0 spiro atoms. The minimum Gasteiger partial charge on any atom is -0.375 e. The molecule has 1 aliphatic rings. The van der Waals surface area contributed by atoms with Crippen LogP contribution in [0.2, 0.25) is 0 Å². The normalized spacial score (nSPS) is 22.1. The van der Waals surface area contributed by atoms with Crippen molar-refractivity contribution in [2.24, 2.45) is 0 Å². The Morgan fingerprint density at radius 2 is 2.42 bits per heavy atom. The lowest BCUT2D eigenvalue weighted by Crippen LogP contribution is -2.24. The van der Waals surface area contributed by atoms with Crippen LogP contribution in [0.1, 0.15) is 26.7 Å². The Morgan fingerprint density at radius 1 is 1.58 bits per heavy atom. The van der Waals surface area contributed by atoms with Gasteiger partial charge in [0.25, 0.3) is 0 Å². The average molecular weight is 169 g/mol. The topological polar surface area (TPSA) is 21.3 Å². The molecule has 0 aromatic heterocycles. The molecule has 12 heavy (non-hydrogen) atoms. The van der Waals surface area contributed by atoms with Crippen molar-refractivity contribution in [3.63, 3.8) is 0 Å². The highest BCUT2D eigenvalue weighted by molar-refractivity contribution is 5.06. The maximum absolute atomic E-state index is 5.44. The van der Waals surface area contributed by atoms with Crippen molar-refractivity contribution in [2.45, 2.75) is 32.8 Å². The third-order valence-corrected chi connectivity index (χ3v) is 2.01. The van der Waals surface area contributed by atoms with E-state index in [0.717, 1.165) is 13.2 Å². The van der Waals surface area contributed by atoms with Gasteiger partial charge in [-0.3, -0.25) is 0 Å². The van der Waals surface area contributed by atoms with Gasteiger partial charge in [0.1, 0.15) is 0 Å². The van der Waals surface area contributed by atoms with Crippen LogP contribution >= 0.6 is 0 Å². The highest BCUT2D eigenvalue weighted by atomic mass is 16.5. The second-order valence-corrected chi connectivity index (χ2v) is 3.52. The molecule has 1 saturated heterocycles. The van der Waals surface area contributed by atoms with Crippen LogP contribution < -0.4 is 5.32 Å². The SMILES string of the molecule is CC(C)OC/C=C1\CCCNC1. The standard InChI is InChI=1S/C10H19NO/c1-9(2)12-7-5-10-4-3-6-11-8-10/h5,9,11H,3-4,6-8H2,1-2H3/b10-5+. The lowest BCUT2D eigenvalue weighted by atomic mass is 10.1. The zero-order valence-corrected chi connectivity index (χ0v) is 8.10. The van der Waals surface area contributed by atoms with Crippen LogP contribution in [0.3, 0.4) is 0 Å². The predicted octanol–water partition coefficient (Wildman–Crippen LogP) is 1.72. The molecule has 0 amide bonds. The second kappa shape index (κ2) is 5.33. The molecule has 0 radical (unpaired) electrons. The monoisotopic (exact) mass is 169 g/mol. The van der Waals surface area contributed by atoms with Crippen molar-refractivity contribution < 1.29 is 4.74 Å². The summed E-state index contributed by atoms with van der Waals surface area (Å²) in [4.78, 5) is 0. The van der Waals surface area contributed by atoms with Gasteiger partial charge in [-0.05, 0) is 33.2 Å². The van der Waals surface area contributed by atoms with Gasteiger partial charge in [-0.15, -0.1) is 0 Å². The van der Waals surface area contributed by atoms with Crippen LogP contribution in [0.5, 0.6) is 0 Å². The van der Waals surface area contributed by atoms with E-state index in [1.807, 2.05) is 0 Å². The maximum atomic E-state index is 5.44. The predicted molar refractivity (Wildman–Crippen MR) is 51.3 cm³/mol. The highest BCUT2D eigenvalue weighted by Gasteiger charge is 2.03. The average Bonchev–Trinajstić information content (AvgIpc) is 2.05. The smallest absolute Gasteiger partial charge is 0.0654 e. The van der Waals surface area contributed by atoms with E-state index >= 15 is 0 Å². The van der Waals surface area contributed by atoms with Gasteiger partial charge in [0.15, 0.2) is 0 Å². The lowest BCUT2D eigenvalue weighted by Gasteiger charge is -2.15. The van der Waals surface area contributed by atoms with E-state index in [0.29, 0.717) is 6.10 Å². The Kier molecular flexibility index (Phi) is 4.33. The quantitative estimate of drug-likeness (QED) is 0.649. The molecule has 0 bridgehead atoms. The fourth-order valence-corrected chi connectivity index (χ4v) is 1.31. The summed E-state index contributed by atoms with van der Waals surface area (Å²) in [6.45, 7) is 7.13. The number of nitrogens with one attached hydrogen (secondary N) is 1. The largest absolute Gasteiger partial charge is 0.375 e.